The first-order valence-corrected chi connectivity index (χ1v) is 15.5. The molecular formula is C33H29NO6S3. The summed E-state index contributed by atoms with van der Waals surface area (Å²) in [5.41, 5.74) is 3.57. The molecule has 2 aliphatic rings. The fourth-order valence-corrected chi connectivity index (χ4v) is 8.02. The molecule has 2 heterocycles. The molecule has 3 aromatic carbocycles. The van der Waals surface area contributed by atoms with Gasteiger partial charge in [-0.15, -0.1) is 0 Å². The van der Waals surface area contributed by atoms with Crippen LogP contribution in [0, 0.1) is 0 Å². The van der Waals surface area contributed by atoms with E-state index in [-0.39, 0.29) is 15.7 Å². The highest BCUT2D eigenvalue weighted by atomic mass is 32.2. The van der Waals surface area contributed by atoms with Crippen molar-refractivity contribution in [1.29, 1.82) is 0 Å². The van der Waals surface area contributed by atoms with Crippen LogP contribution in [0.15, 0.2) is 86.8 Å². The third-order valence-electron chi connectivity index (χ3n) is 7.11. The number of benzene rings is 3. The number of esters is 2. The Morgan fingerprint density at radius 1 is 0.837 bits per heavy atom. The smallest absolute Gasteiger partial charge is 0.346 e. The molecule has 220 valence electrons. The highest BCUT2D eigenvalue weighted by Crippen LogP contribution is 2.56. The number of rotatable bonds is 6. The zero-order valence-electron chi connectivity index (χ0n) is 24.3. The number of carbonyl (C=O) groups is 3. The molecule has 0 saturated heterocycles. The standard InChI is InChI=1S/C33H29NO6S3/c1-6-40-22-16-17-24-23(18-22)25(32-42-26(30(36)38-4)27(43-32)31(37)39-5)28(41)33(2,3)34(24)29(35)21-14-12-20(13-15-21)19-10-8-7-9-11-19/h7-18H,6H2,1-5H3. The van der Waals surface area contributed by atoms with Crippen molar-refractivity contribution in [3.8, 4) is 16.9 Å². The fourth-order valence-electron chi connectivity index (χ4n) is 4.98. The zero-order chi connectivity index (χ0) is 30.9. The van der Waals surface area contributed by atoms with E-state index in [0.717, 1.165) is 34.7 Å². The van der Waals surface area contributed by atoms with Crippen LogP contribution in [0.4, 0.5) is 5.69 Å². The van der Waals surface area contributed by atoms with Crippen LogP contribution in [0.25, 0.3) is 16.7 Å². The van der Waals surface area contributed by atoms with Gasteiger partial charge in [0.05, 0.1) is 41.2 Å². The summed E-state index contributed by atoms with van der Waals surface area (Å²) in [6, 6.07) is 23.0. The molecule has 0 saturated carbocycles. The van der Waals surface area contributed by atoms with E-state index in [9.17, 15) is 14.4 Å². The Kier molecular flexibility index (Phi) is 8.82. The van der Waals surface area contributed by atoms with Crippen molar-refractivity contribution < 1.29 is 28.6 Å². The highest BCUT2D eigenvalue weighted by Gasteiger charge is 2.46. The number of hydrogen-bond donors (Lipinski definition) is 0. The molecule has 10 heteroatoms. The molecule has 0 unspecified atom stereocenters. The second-order valence-corrected chi connectivity index (χ2v) is 12.8. The molecule has 7 nitrogen and oxygen atoms in total. The minimum Gasteiger partial charge on any atom is -0.494 e. The van der Waals surface area contributed by atoms with Crippen molar-refractivity contribution in [1.82, 2.24) is 0 Å². The number of ether oxygens (including phenoxy) is 3. The molecule has 0 aromatic heterocycles. The number of nitrogens with zero attached hydrogens (tertiary/aromatic N) is 1. The summed E-state index contributed by atoms with van der Waals surface area (Å²) >= 11 is 8.33. The maximum atomic E-state index is 14.2. The molecule has 0 fully saturated rings. The molecule has 0 spiro atoms. The normalized spacial score (nSPS) is 15.7. The van der Waals surface area contributed by atoms with Crippen LogP contribution in [0.2, 0.25) is 0 Å². The van der Waals surface area contributed by atoms with Crippen molar-refractivity contribution in [2.24, 2.45) is 0 Å². The maximum absolute atomic E-state index is 14.2. The van der Waals surface area contributed by atoms with Crippen molar-refractivity contribution in [2.45, 2.75) is 26.3 Å². The van der Waals surface area contributed by atoms with Gasteiger partial charge in [-0.25, -0.2) is 9.59 Å². The summed E-state index contributed by atoms with van der Waals surface area (Å²) in [5, 5.41) is 0. The average molecular weight is 632 g/mol. The van der Waals surface area contributed by atoms with Gasteiger partial charge in [0.1, 0.15) is 15.6 Å². The molecule has 1 amide bonds. The molecule has 0 atom stereocenters. The Bertz CT molecular complexity index is 1660. The third-order valence-corrected chi connectivity index (χ3v) is 10.4. The van der Waals surface area contributed by atoms with Gasteiger partial charge in [-0.2, -0.15) is 0 Å². The monoisotopic (exact) mass is 631 g/mol. The van der Waals surface area contributed by atoms with E-state index in [1.807, 2.05) is 93.6 Å². The van der Waals surface area contributed by atoms with E-state index in [1.54, 1.807) is 4.90 Å². The molecule has 5 rings (SSSR count). The second kappa shape index (κ2) is 12.4. The lowest BCUT2D eigenvalue weighted by molar-refractivity contribution is -0.138. The van der Waals surface area contributed by atoms with Crippen LogP contribution in [-0.2, 0) is 19.1 Å². The van der Waals surface area contributed by atoms with Crippen LogP contribution in [-0.4, -0.2) is 49.1 Å². The largest absolute Gasteiger partial charge is 0.494 e. The molecule has 0 N–H and O–H groups in total. The van der Waals surface area contributed by atoms with Gasteiger partial charge >= 0.3 is 11.9 Å². The number of carbonyl (C=O) groups excluding carboxylic acids is 3. The summed E-state index contributed by atoms with van der Waals surface area (Å²) in [7, 11) is 2.52. The van der Waals surface area contributed by atoms with Crippen LogP contribution >= 0.6 is 35.7 Å². The van der Waals surface area contributed by atoms with Crippen molar-refractivity contribution >= 4 is 69.7 Å². The number of methoxy groups -OCH3 is 2. The van der Waals surface area contributed by atoms with E-state index in [4.69, 9.17) is 26.4 Å². The summed E-state index contributed by atoms with van der Waals surface area (Å²) in [4.78, 5) is 42.0. The molecule has 2 aliphatic heterocycles. The van der Waals surface area contributed by atoms with Crippen LogP contribution in [0.5, 0.6) is 5.75 Å². The van der Waals surface area contributed by atoms with Crippen molar-refractivity contribution in [3.63, 3.8) is 0 Å². The average Bonchev–Trinajstić information content (AvgIpc) is 3.46. The molecule has 0 bridgehead atoms. The topological polar surface area (TPSA) is 82.1 Å². The first-order valence-electron chi connectivity index (χ1n) is 13.4. The lowest BCUT2D eigenvalue weighted by Gasteiger charge is -2.45. The summed E-state index contributed by atoms with van der Waals surface area (Å²) in [6.45, 7) is 6.12. The Labute approximate surface area is 264 Å². The first kappa shape index (κ1) is 30.6. The van der Waals surface area contributed by atoms with Gasteiger partial charge in [-0.3, -0.25) is 9.69 Å². The van der Waals surface area contributed by atoms with Crippen LogP contribution in [0.3, 0.4) is 0 Å². The molecule has 43 heavy (non-hydrogen) atoms. The number of hydrogen-bond acceptors (Lipinski definition) is 9. The zero-order valence-corrected chi connectivity index (χ0v) is 26.7. The summed E-state index contributed by atoms with van der Waals surface area (Å²) in [6.07, 6.45) is 0. The van der Waals surface area contributed by atoms with Gasteiger partial charge in [-0.05, 0) is 62.2 Å². The number of fused-ring (bicyclic) bond motifs is 1. The van der Waals surface area contributed by atoms with Gasteiger partial charge in [0.2, 0.25) is 0 Å². The van der Waals surface area contributed by atoms with E-state index in [0.29, 0.717) is 43.8 Å². The Morgan fingerprint density at radius 2 is 1.42 bits per heavy atom. The summed E-state index contributed by atoms with van der Waals surface area (Å²) in [5.74, 6) is -0.900. The van der Waals surface area contributed by atoms with E-state index in [2.05, 4.69) is 0 Å². The number of anilines is 1. The Morgan fingerprint density at radius 3 is 1.98 bits per heavy atom. The maximum Gasteiger partial charge on any atom is 0.346 e. The summed E-state index contributed by atoms with van der Waals surface area (Å²) < 4.78 is 16.3. The SMILES string of the molecule is CCOc1ccc2c(c1)C(=C1SC(C(=O)OC)=C(C(=O)OC)S1)C(=S)C(C)(C)N2C(=O)c1ccc(-c2ccccc2)cc1. The van der Waals surface area contributed by atoms with Gasteiger partial charge in [0.25, 0.3) is 5.91 Å². The Balaban J connectivity index is 1.63. The van der Waals surface area contributed by atoms with E-state index in [1.165, 1.54) is 14.2 Å². The van der Waals surface area contributed by atoms with Gasteiger partial charge in [-0.1, -0.05) is 78.2 Å². The predicted molar refractivity (Wildman–Crippen MR) is 176 cm³/mol. The van der Waals surface area contributed by atoms with Crippen molar-refractivity contribution in [3.05, 3.63) is 98.0 Å². The lowest BCUT2D eigenvalue weighted by Crippen LogP contribution is -2.56. The van der Waals surface area contributed by atoms with E-state index >= 15 is 0 Å². The second-order valence-electron chi connectivity index (χ2n) is 10.1. The molecular weight excluding hydrogens is 603 g/mol. The third kappa shape index (κ3) is 5.62. The van der Waals surface area contributed by atoms with Crippen molar-refractivity contribution in [2.75, 3.05) is 25.7 Å². The minimum absolute atomic E-state index is 0.127. The van der Waals surface area contributed by atoms with Gasteiger partial charge < -0.3 is 14.2 Å². The number of thioether (sulfide) groups is 2. The number of thiocarbonyl (C=S) groups is 1. The minimum atomic E-state index is -0.951. The predicted octanol–water partition coefficient (Wildman–Crippen LogP) is 7.27. The number of amides is 1. The van der Waals surface area contributed by atoms with E-state index < -0.39 is 17.5 Å². The molecule has 0 aliphatic carbocycles. The van der Waals surface area contributed by atoms with Crippen LogP contribution in [0.1, 0.15) is 36.7 Å². The fraction of sp³-hybridized carbons (Fsp3) is 0.212. The Hall–Kier alpha value is -3.86. The quantitative estimate of drug-likeness (QED) is 0.159. The highest BCUT2D eigenvalue weighted by molar-refractivity contribution is 8.29. The molecule has 3 aromatic rings. The lowest BCUT2D eigenvalue weighted by atomic mass is 9.82. The van der Waals surface area contributed by atoms with Crippen LogP contribution < -0.4 is 9.64 Å². The first-order chi connectivity index (χ1) is 20.6. The van der Waals surface area contributed by atoms with Gasteiger partial charge in [0.15, 0.2) is 0 Å². The molecule has 0 radical (unpaired) electrons. The van der Waals surface area contributed by atoms with Gasteiger partial charge in [0, 0.05) is 16.7 Å².